The van der Waals surface area contributed by atoms with Gasteiger partial charge in [-0.2, -0.15) is 0 Å². The first kappa shape index (κ1) is 19.7. The van der Waals surface area contributed by atoms with Crippen molar-refractivity contribution in [3.8, 4) is 5.75 Å². The molecule has 0 fully saturated rings. The molecule has 0 aromatic heterocycles. The van der Waals surface area contributed by atoms with Crippen molar-refractivity contribution in [2.75, 3.05) is 39.6 Å². The third-order valence-electron chi connectivity index (χ3n) is 3.58. The lowest BCUT2D eigenvalue weighted by Crippen LogP contribution is -2.39. The Morgan fingerprint density at radius 3 is 2.27 bits per heavy atom. The minimum absolute atomic E-state index is 0.0429. The van der Waals surface area contributed by atoms with E-state index in [0.717, 1.165) is 14.2 Å². The van der Waals surface area contributed by atoms with Crippen LogP contribution in [-0.2, 0) is 28.5 Å². The molecule has 0 amide bonds. The molecule has 1 N–H and O–H groups in total. The van der Waals surface area contributed by atoms with E-state index in [1.807, 2.05) is 0 Å². The van der Waals surface area contributed by atoms with E-state index in [1.54, 1.807) is 0 Å². The monoisotopic (exact) mass is 429 g/mol. The molecule has 0 radical (unpaired) electrons. The van der Waals surface area contributed by atoms with E-state index in [9.17, 15) is 19.5 Å². The zero-order valence-corrected chi connectivity index (χ0v) is 15.8. The number of carbonyl (C=O) groups is 3. The fourth-order valence-electron chi connectivity index (χ4n) is 2.39. The molecule has 2 rings (SSSR count). The number of hydrogen-bond acceptors (Lipinski definition) is 9. The van der Waals surface area contributed by atoms with E-state index >= 15 is 0 Å². The number of hydrogen-bond donors (Lipinski definition) is 1. The van der Waals surface area contributed by atoms with Crippen molar-refractivity contribution in [3.05, 3.63) is 33.4 Å². The fourth-order valence-corrected chi connectivity index (χ4v) is 2.84. The zero-order chi connectivity index (χ0) is 19.4. The number of benzene rings is 1. The van der Waals surface area contributed by atoms with E-state index in [2.05, 4.69) is 25.4 Å². The van der Waals surface area contributed by atoms with Crippen LogP contribution in [0.2, 0.25) is 0 Å². The number of anilines is 1. The highest BCUT2D eigenvalue weighted by Crippen LogP contribution is 2.38. The van der Waals surface area contributed by atoms with Gasteiger partial charge in [0.15, 0.2) is 5.75 Å². The Morgan fingerprint density at radius 1 is 1.08 bits per heavy atom. The van der Waals surface area contributed by atoms with Crippen molar-refractivity contribution in [1.29, 1.82) is 0 Å². The Labute approximate surface area is 157 Å². The number of phenols is 1. The molecule has 26 heavy (non-hydrogen) atoms. The second-order valence-corrected chi connectivity index (χ2v) is 5.94. The van der Waals surface area contributed by atoms with Crippen LogP contribution in [-0.4, -0.2) is 57.7 Å². The van der Waals surface area contributed by atoms with Crippen LogP contribution in [0.4, 0.5) is 5.69 Å². The standard InChI is InChI=1S/C16H16BrNO8/c1-23-14(20)9-4-8(17)5-11(13(9)19)18-7-26-6-10(15(21)24-2)12(18)16(22)25-3/h4-5,19H,6-7H2,1-3H3. The third kappa shape index (κ3) is 3.65. The summed E-state index contributed by atoms with van der Waals surface area (Å²) >= 11 is 3.23. The first-order valence-corrected chi connectivity index (χ1v) is 8.00. The summed E-state index contributed by atoms with van der Waals surface area (Å²) in [7, 11) is 3.48. The van der Waals surface area contributed by atoms with Crippen molar-refractivity contribution in [1.82, 2.24) is 0 Å². The van der Waals surface area contributed by atoms with Gasteiger partial charge in [0.1, 0.15) is 18.0 Å². The van der Waals surface area contributed by atoms with Gasteiger partial charge in [-0.25, -0.2) is 14.4 Å². The molecule has 140 valence electrons. The first-order chi connectivity index (χ1) is 12.3. The minimum atomic E-state index is -0.826. The highest BCUT2D eigenvalue weighted by Gasteiger charge is 2.34. The number of aromatic hydroxyl groups is 1. The van der Waals surface area contributed by atoms with Crippen LogP contribution in [0.1, 0.15) is 10.4 Å². The predicted octanol–water partition coefficient (Wildman–Crippen LogP) is 1.34. The molecule has 9 nitrogen and oxygen atoms in total. The van der Waals surface area contributed by atoms with Crippen LogP contribution in [0.3, 0.4) is 0 Å². The summed E-state index contributed by atoms with van der Waals surface area (Å²) in [5, 5.41) is 10.5. The van der Waals surface area contributed by atoms with Crippen LogP contribution in [0.25, 0.3) is 0 Å². The smallest absolute Gasteiger partial charge is 0.355 e. The molecule has 0 saturated heterocycles. The van der Waals surface area contributed by atoms with Crippen molar-refractivity contribution < 1.29 is 38.4 Å². The van der Waals surface area contributed by atoms with Crippen molar-refractivity contribution in [3.63, 3.8) is 0 Å². The second-order valence-electron chi connectivity index (χ2n) is 5.03. The largest absolute Gasteiger partial charge is 0.505 e. The third-order valence-corrected chi connectivity index (χ3v) is 4.04. The molecular weight excluding hydrogens is 414 g/mol. The Bertz CT molecular complexity index is 789. The van der Waals surface area contributed by atoms with Crippen LogP contribution < -0.4 is 4.90 Å². The molecule has 0 spiro atoms. The van der Waals surface area contributed by atoms with E-state index in [0.29, 0.717) is 4.47 Å². The van der Waals surface area contributed by atoms with Gasteiger partial charge in [0.05, 0.1) is 39.2 Å². The van der Waals surface area contributed by atoms with Crippen molar-refractivity contribution >= 4 is 39.5 Å². The number of halogens is 1. The lowest BCUT2D eigenvalue weighted by Gasteiger charge is -2.32. The Morgan fingerprint density at radius 2 is 1.69 bits per heavy atom. The Kier molecular flexibility index (Phi) is 6.22. The molecule has 1 aliphatic heterocycles. The van der Waals surface area contributed by atoms with Gasteiger partial charge in [0.2, 0.25) is 0 Å². The van der Waals surface area contributed by atoms with Crippen molar-refractivity contribution in [2.24, 2.45) is 0 Å². The molecule has 1 aliphatic rings. The lowest BCUT2D eigenvalue weighted by molar-refractivity contribution is -0.140. The highest BCUT2D eigenvalue weighted by atomic mass is 79.9. The van der Waals surface area contributed by atoms with Gasteiger partial charge in [0, 0.05) is 4.47 Å². The van der Waals surface area contributed by atoms with Gasteiger partial charge in [0.25, 0.3) is 0 Å². The van der Waals surface area contributed by atoms with Crippen LogP contribution in [0, 0.1) is 0 Å². The van der Waals surface area contributed by atoms with Crippen LogP contribution in [0.5, 0.6) is 5.75 Å². The van der Waals surface area contributed by atoms with Gasteiger partial charge in [-0.05, 0) is 12.1 Å². The summed E-state index contributed by atoms with van der Waals surface area (Å²) in [6.45, 7) is -0.345. The molecule has 0 unspecified atom stereocenters. The Balaban J connectivity index is 2.69. The summed E-state index contributed by atoms with van der Waals surface area (Å²) in [5.74, 6) is -2.83. The fraction of sp³-hybridized carbons (Fsp3) is 0.312. The summed E-state index contributed by atoms with van der Waals surface area (Å²) in [5.41, 5.74) is -0.327. The average molecular weight is 430 g/mol. The maximum Gasteiger partial charge on any atom is 0.355 e. The number of esters is 3. The van der Waals surface area contributed by atoms with E-state index in [1.165, 1.54) is 24.1 Å². The molecule has 0 saturated carbocycles. The number of ether oxygens (including phenoxy) is 4. The molecule has 10 heteroatoms. The molecule has 1 aromatic rings. The van der Waals surface area contributed by atoms with Gasteiger partial charge in [-0.15, -0.1) is 0 Å². The molecule has 1 aromatic carbocycles. The van der Waals surface area contributed by atoms with Crippen LogP contribution >= 0.6 is 15.9 Å². The SMILES string of the molecule is COC(=O)C1=C(C(=O)OC)N(c2cc(Br)cc(C(=O)OC)c2O)COC1. The van der Waals surface area contributed by atoms with Gasteiger partial charge >= 0.3 is 17.9 Å². The highest BCUT2D eigenvalue weighted by molar-refractivity contribution is 9.10. The van der Waals surface area contributed by atoms with Crippen LogP contribution in [0.15, 0.2) is 27.9 Å². The van der Waals surface area contributed by atoms with E-state index < -0.39 is 23.7 Å². The van der Waals surface area contributed by atoms with E-state index in [-0.39, 0.29) is 35.9 Å². The molecule has 0 atom stereocenters. The molecule has 1 heterocycles. The number of methoxy groups -OCH3 is 3. The summed E-state index contributed by atoms with van der Waals surface area (Å²) in [6.07, 6.45) is 0. The van der Waals surface area contributed by atoms with Crippen molar-refractivity contribution in [2.45, 2.75) is 0 Å². The molecule has 0 bridgehead atoms. The first-order valence-electron chi connectivity index (χ1n) is 7.21. The number of nitrogens with zero attached hydrogens (tertiary/aromatic N) is 1. The molecular formula is C16H16BrNO8. The lowest BCUT2D eigenvalue weighted by atomic mass is 10.1. The Hall–Kier alpha value is -2.59. The number of carbonyl (C=O) groups excluding carboxylic acids is 3. The predicted molar refractivity (Wildman–Crippen MR) is 91.5 cm³/mol. The topological polar surface area (TPSA) is 112 Å². The quantitative estimate of drug-likeness (QED) is 0.559. The summed E-state index contributed by atoms with van der Waals surface area (Å²) in [4.78, 5) is 37.4. The van der Waals surface area contributed by atoms with Gasteiger partial charge in [-0.3, -0.25) is 0 Å². The normalized spacial score (nSPS) is 14.1. The molecule has 0 aliphatic carbocycles. The number of phenolic OH excluding ortho intramolecular Hbond substituents is 1. The van der Waals surface area contributed by atoms with E-state index in [4.69, 9.17) is 9.47 Å². The average Bonchev–Trinajstić information content (AvgIpc) is 2.66. The maximum absolute atomic E-state index is 12.3. The van der Waals surface area contributed by atoms with Gasteiger partial charge in [-0.1, -0.05) is 15.9 Å². The minimum Gasteiger partial charge on any atom is -0.505 e. The zero-order valence-electron chi connectivity index (χ0n) is 14.2. The summed E-state index contributed by atoms with van der Waals surface area (Å²) in [6, 6.07) is 2.81. The second kappa shape index (κ2) is 8.19. The summed E-state index contributed by atoms with van der Waals surface area (Å²) < 4.78 is 19.8. The van der Waals surface area contributed by atoms with Gasteiger partial charge < -0.3 is 29.0 Å². The number of rotatable bonds is 4. The maximum atomic E-state index is 12.3.